The maximum absolute atomic E-state index is 5.16. The number of hydrogen-bond donors (Lipinski definition) is 3. The second-order valence-electron chi connectivity index (χ2n) is 3.26. The first-order valence-electron chi connectivity index (χ1n) is 5.05. The van der Waals surface area contributed by atoms with Crippen molar-refractivity contribution in [2.24, 2.45) is 0 Å². The number of thiol groups is 2. The Morgan fingerprint density at radius 2 is 1.74 bits per heavy atom. The van der Waals surface area contributed by atoms with Crippen molar-refractivity contribution in [1.29, 1.82) is 0 Å². The van der Waals surface area contributed by atoms with E-state index in [1.165, 1.54) is 11.0 Å². The lowest BCUT2D eigenvalue weighted by Crippen LogP contribution is -2.05. The Morgan fingerprint density at radius 3 is 2.16 bits per heavy atom. The number of rotatable bonds is 1. The SMILES string of the molecule is Nn1cnnc1S.Sc1nnnn1-c1ccccc1. The molecule has 0 amide bonds. The van der Waals surface area contributed by atoms with Crippen LogP contribution in [0.2, 0.25) is 0 Å². The average Bonchev–Trinajstić information content (AvgIpc) is 3.01. The molecule has 0 atom stereocenters. The molecule has 0 aliphatic rings. The summed E-state index contributed by atoms with van der Waals surface area (Å²) in [7, 11) is 0. The van der Waals surface area contributed by atoms with E-state index in [1.807, 2.05) is 30.3 Å². The molecule has 3 rings (SSSR count). The lowest BCUT2D eigenvalue weighted by atomic mass is 10.3. The third-order valence-corrected chi connectivity index (χ3v) is 2.61. The second-order valence-corrected chi connectivity index (χ2v) is 4.06. The summed E-state index contributed by atoms with van der Waals surface area (Å²) in [5.74, 6) is 5.16. The summed E-state index contributed by atoms with van der Waals surface area (Å²) in [5.41, 5.74) is 0.910. The van der Waals surface area contributed by atoms with Crippen LogP contribution in [-0.2, 0) is 0 Å². The molecule has 1 aromatic carbocycles. The summed E-state index contributed by atoms with van der Waals surface area (Å²) in [6, 6.07) is 9.60. The number of nitrogen functional groups attached to an aromatic ring is 1. The Hall–Kier alpha value is -2.07. The van der Waals surface area contributed by atoms with Crippen LogP contribution in [0.15, 0.2) is 47.0 Å². The van der Waals surface area contributed by atoms with Crippen LogP contribution in [0.1, 0.15) is 0 Å². The molecule has 0 aliphatic heterocycles. The minimum absolute atomic E-state index is 0.417. The summed E-state index contributed by atoms with van der Waals surface area (Å²) in [6.45, 7) is 0. The number of nitrogens with two attached hydrogens (primary N) is 1. The van der Waals surface area contributed by atoms with E-state index < -0.39 is 0 Å². The van der Waals surface area contributed by atoms with Gasteiger partial charge in [0.25, 0.3) is 0 Å². The van der Waals surface area contributed by atoms with E-state index in [4.69, 9.17) is 5.84 Å². The molecule has 3 aromatic rings. The number of tetrazole rings is 1. The molecule has 2 N–H and O–H groups in total. The van der Waals surface area contributed by atoms with Gasteiger partial charge in [0.2, 0.25) is 10.3 Å². The number of para-hydroxylation sites is 1. The van der Waals surface area contributed by atoms with Crippen molar-refractivity contribution in [1.82, 2.24) is 35.1 Å². The van der Waals surface area contributed by atoms with E-state index in [0.717, 1.165) is 5.69 Å². The van der Waals surface area contributed by atoms with Gasteiger partial charge in [0.1, 0.15) is 6.33 Å². The lowest BCUT2D eigenvalue weighted by Gasteiger charge is -1.98. The van der Waals surface area contributed by atoms with Gasteiger partial charge in [0.05, 0.1) is 5.69 Å². The molecular weight excluding hydrogens is 284 g/mol. The zero-order valence-corrected chi connectivity index (χ0v) is 11.4. The maximum atomic E-state index is 5.16. The Morgan fingerprint density at radius 1 is 1.00 bits per heavy atom. The number of benzene rings is 1. The van der Waals surface area contributed by atoms with Gasteiger partial charge in [-0.25, -0.2) is 4.68 Å². The first-order valence-corrected chi connectivity index (χ1v) is 5.94. The van der Waals surface area contributed by atoms with Gasteiger partial charge in [-0.2, -0.15) is 4.68 Å². The van der Waals surface area contributed by atoms with E-state index in [0.29, 0.717) is 10.3 Å². The third-order valence-electron chi connectivity index (χ3n) is 2.01. The standard InChI is InChI=1S/C7H6N4S.C2H4N4S/c12-7-8-9-10-11(7)6-4-2-1-3-5-6;3-6-1-4-5-2(6)7/h1-5H,(H,8,10,12);1H,3H2,(H,5,7). The van der Waals surface area contributed by atoms with Gasteiger partial charge in [0, 0.05) is 0 Å². The zero-order chi connectivity index (χ0) is 13.7. The molecule has 8 nitrogen and oxygen atoms in total. The number of hydrogen-bond acceptors (Lipinski definition) is 8. The molecular formula is C9H10N8S2. The van der Waals surface area contributed by atoms with E-state index in [9.17, 15) is 0 Å². The molecule has 0 spiro atoms. The molecule has 0 bridgehead atoms. The predicted octanol–water partition coefficient (Wildman–Crippen LogP) is 0.232. The molecule has 0 unspecified atom stereocenters. The van der Waals surface area contributed by atoms with Crippen LogP contribution >= 0.6 is 25.3 Å². The second kappa shape index (κ2) is 6.20. The van der Waals surface area contributed by atoms with Crippen molar-refractivity contribution >= 4 is 25.3 Å². The van der Waals surface area contributed by atoms with Crippen LogP contribution in [0, 0.1) is 0 Å². The van der Waals surface area contributed by atoms with Crippen molar-refractivity contribution in [3.05, 3.63) is 36.7 Å². The highest BCUT2D eigenvalue weighted by Gasteiger charge is 2.01. The fraction of sp³-hybridized carbons (Fsp3) is 0. The summed E-state index contributed by atoms with van der Waals surface area (Å²) < 4.78 is 2.78. The molecule has 10 heteroatoms. The molecule has 2 aromatic heterocycles. The van der Waals surface area contributed by atoms with Crippen molar-refractivity contribution < 1.29 is 0 Å². The smallest absolute Gasteiger partial charge is 0.211 e. The van der Waals surface area contributed by atoms with Gasteiger partial charge in [-0.1, -0.05) is 18.2 Å². The van der Waals surface area contributed by atoms with Crippen LogP contribution in [-0.4, -0.2) is 35.1 Å². The fourth-order valence-electron chi connectivity index (χ4n) is 1.16. The molecule has 0 saturated carbocycles. The largest absolute Gasteiger partial charge is 0.336 e. The molecule has 0 radical (unpaired) electrons. The van der Waals surface area contributed by atoms with Gasteiger partial charge >= 0.3 is 0 Å². The summed E-state index contributed by atoms with van der Waals surface area (Å²) in [4.78, 5) is 0. The average molecular weight is 294 g/mol. The zero-order valence-electron chi connectivity index (χ0n) is 9.57. The molecule has 98 valence electrons. The van der Waals surface area contributed by atoms with Crippen LogP contribution in [0.25, 0.3) is 5.69 Å². The Kier molecular flexibility index (Phi) is 4.36. The van der Waals surface area contributed by atoms with Crippen LogP contribution in [0.5, 0.6) is 0 Å². The Labute approximate surface area is 119 Å². The van der Waals surface area contributed by atoms with E-state index >= 15 is 0 Å². The highest BCUT2D eigenvalue weighted by atomic mass is 32.1. The van der Waals surface area contributed by atoms with Crippen molar-refractivity contribution in [3.8, 4) is 5.69 Å². The fourth-order valence-corrected chi connectivity index (χ4v) is 1.45. The quantitative estimate of drug-likeness (QED) is 0.439. The van der Waals surface area contributed by atoms with Gasteiger partial charge in [-0.3, -0.25) is 0 Å². The monoisotopic (exact) mass is 294 g/mol. The molecule has 0 saturated heterocycles. The highest BCUT2D eigenvalue weighted by molar-refractivity contribution is 7.80. The summed E-state index contributed by atoms with van der Waals surface area (Å²) >= 11 is 7.90. The minimum atomic E-state index is 0.417. The van der Waals surface area contributed by atoms with Crippen molar-refractivity contribution in [2.45, 2.75) is 10.3 Å². The molecule has 0 fully saturated rings. The highest BCUT2D eigenvalue weighted by Crippen LogP contribution is 2.08. The van der Waals surface area contributed by atoms with Crippen molar-refractivity contribution in [3.63, 3.8) is 0 Å². The van der Waals surface area contributed by atoms with Gasteiger partial charge < -0.3 is 5.84 Å². The Balaban J connectivity index is 0.000000163. The van der Waals surface area contributed by atoms with Gasteiger partial charge in [0.15, 0.2) is 0 Å². The number of nitrogens with zero attached hydrogens (tertiary/aromatic N) is 7. The van der Waals surface area contributed by atoms with E-state index in [-0.39, 0.29) is 0 Å². The first-order chi connectivity index (χ1) is 9.18. The minimum Gasteiger partial charge on any atom is -0.336 e. The maximum Gasteiger partial charge on any atom is 0.211 e. The molecule has 19 heavy (non-hydrogen) atoms. The normalized spacial score (nSPS) is 9.79. The number of aromatic nitrogens is 7. The molecule has 2 heterocycles. The third kappa shape index (κ3) is 3.45. The van der Waals surface area contributed by atoms with Crippen LogP contribution in [0.3, 0.4) is 0 Å². The first kappa shape index (κ1) is 13.4. The van der Waals surface area contributed by atoms with E-state index in [2.05, 4.69) is 51.0 Å². The topological polar surface area (TPSA) is 100 Å². The van der Waals surface area contributed by atoms with Crippen molar-refractivity contribution in [2.75, 3.05) is 5.84 Å². The Bertz CT molecular complexity index is 618. The van der Waals surface area contributed by atoms with Crippen LogP contribution < -0.4 is 5.84 Å². The van der Waals surface area contributed by atoms with Crippen LogP contribution in [0.4, 0.5) is 0 Å². The summed E-state index contributed by atoms with van der Waals surface area (Å²) in [5, 5.41) is 18.7. The summed E-state index contributed by atoms with van der Waals surface area (Å²) in [6.07, 6.45) is 1.38. The van der Waals surface area contributed by atoms with E-state index in [1.54, 1.807) is 4.68 Å². The predicted molar refractivity (Wildman–Crippen MR) is 73.8 cm³/mol. The molecule has 0 aliphatic carbocycles. The van der Waals surface area contributed by atoms with Gasteiger partial charge in [-0.15, -0.1) is 40.6 Å². The lowest BCUT2D eigenvalue weighted by molar-refractivity contribution is 0.758. The van der Waals surface area contributed by atoms with Gasteiger partial charge in [-0.05, 0) is 22.6 Å².